The normalized spacial score (nSPS) is 25.0. The van der Waals surface area contributed by atoms with E-state index in [4.69, 9.17) is 6.42 Å². The van der Waals surface area contributed by atoms with Crippen molar-refractivity contribution < 1.29 is 9.90 Å². The fraction of sp³-hybridized carbons (Fsp3) is 0.812. The molecule has 2 aliphatic heterocycles. The van der Waals surface area contributed by atoms with Crippen molar-refractivity contribution in [1.82, 2.24) is 14.7 Å². The molecule has 1 atom stereocenters. The van der Waals surface area contributed by atoms with Gasteiger partial charge in [0.2, 0.25) is 5.91 Å². The average Bonchev–Trinajstić information content (AvgIpc) is 2.88. The molecule has 2 aliphatic rings. The van der Waals surface area contributed by atoms with Crippen molar-refractivity contribution in [3.63, 3.8) is 0 Å². The molecule has 2 fully saturated rings. The van der Waals surface area contributed by atoms with Crippen molar-refractivity contribution in [2.45, 2.75) is 38.3 Å². The number of terminal acetylenes is 1. The number of piperazine rings is 1. The Balaban J connectivity index is 1.84. The number of carbonyl (C=O) groups is 1. The molecular formula is C16H27N3O2. The van der Waals surface area contributed by atoms with Crippen LogP contribution < -0.4 is 0 Å². The highest BCUT2D eigenvalue weighted by atomic mass is 16.3. The summed E-state index contributed by atoms with van der Waals surface area (Å²) in [4.78, 5) is 18.7. The maximum absolute atomic E-state index is 12.4. The number of hydrogen-bond acceptors (Lipinski definition) is 4. The summed E-state index contributed by atoms with van der Waals surface area (Å²) in [6.07, 6.45) is 7.33. The Hall–Kier alpha value is -1.09. The molecule has 2 saturated heterocycles. The first-order valence-electron chi connectivity index (χ1n) is 7.82. The number of nitrogens with zero attached hydrogens (tertiary/aromatic N) is 3. The van der Waals surface area contributed by atoms with E-state index in [1.807, 2.05) is 18.7 Å². The number of likely N-dealkylation sites (tertiary alicyclic amines) is 1. The lowest BCUT2D eigenvalue weighted by molar-refractivity contribution is -0.135. The maximum Gasteiger partial charge on any atom is 0.236 e. The van der Waals surface area contributed by atoms with Gasteiger partial charge >= 0.3 is 0 Å². The standard InChI is InChI=1S/C16H27N3O2/c1-4-7-17-9-11-18(12-10-17)15(20)13-19-8-5-6-14(19)16(2,3)21/h1,14,21H,5-13H2,2-3H3. The minimum atomic E-state index is -0.748. The van der Waals surface area contributed by atoms with Gasteiger partial charge in [0.25, 0.3) is 0 Å². The average molecular weight is 293 g/mol. The molecular weight excluding hydrogens is 266 g/mol. The number of amides is 1. The molecule has 0 spiro atoms. The van der Waals surface area contributed by atoms with Gasteiger partial charge in [-0.15, -0.1) is 6.42 Å². The largest absolute Gasteiger partial charge is 0.389 e. The van der Waals surface area contributed by atoms with E-state index in [0.717, 1.165) is 45.6 Å². The summed E-state index contributed by atoms with van der Waals surface area (Å²) < 4.78 is 0. The Bertz CT molecular complexity index is 403. The van der Waals surface area contributed by atoms with Crippen molar-refractivity contribution in [2.24, 2.45) is 0 Å². The summed E-state index contributed by atoms with van der Waals surface area (Å²) >= 11 is 0. The monoisotopic (exact) mass is 293 g/mol. The first-order valence-corrected chi connectivity index (χ1v) is 7.82. The fourth-order valence-corrected chi connectivity index (χ4v) is 3.37. The van der Waals surface area contributed by atoms with Crippen LogP contribution in [0.5, 0.6) is 0 Å². The van der Waals surface area contributed by atoms with Crippen molar-refractivity contribution >= 4 is 5.91 Å². The van der Waals surface area contributed by atoms with Gasteiger partial charge in [0.1, 0.15) is 0 Å². The lowest BCUT2D eigenvalue weighted by Crippen LogP contribution is -2.53. The molecule has 0 bridgehead atoms. The minimum Gasteiger partial charge on any atom is -0.389 e. The predicted molar refractivity (Wildman–Crippen MR) is 82.7 cm³/mol. The highest BCUT2D eigenvalue weighted by Gasteiger charge is 2.37. The highest BCUT2D eigenvalue weighted by Crippen LogP contribution is 2.26. The van der Waals surface area contributed by atoms with Crippen LogP contribution in [-0.2, 0) is 4.79 Å². The van der Waals surface area contributed by atoms with E-state index >= 15 is 0 Å². The summed E-state index contributed by atoms with van der Waals surface area (Å²) in [6.45, 7) is 8.85. The lowest BCUT2D eigenvalue weighted by Gasteiger charge is -2.37. The molecule has 1 unspecified atom stereocenters. The molecule has 0 aromatic rings. The van der Waals surface area contributed by atoms with Crippen LogP contribution in [0.15, 0.2) is 0 Å². The van der Waals surface area contributed by atoms with Gasteiger partial charge < -0.3 is 10.0 Å². The van der Waals surface area contributed by atoms with E-state index in [1.165, 1.54) is 0 Å². The van der Waals surface area contributed by atoms with Gasteiger partial charge in [0.05, 0.1) is 18.7 Å². The molecule has 2 rings (SSSR count). The highest BCUT2D eigenvalue weighted by molar-refractivity contribution is 5.78. The molecule has 2 heterocycles. The third kappa shape index (κ3) is 4.19. The predicted octanol–water partition coefficient (Wildman–Crippen LogP) is -0.000900. The van der Waals surface area contributed by atoms with Crippen LogP contribution >= 0.6 is 0 Å². The number of hydrogen-bond donors (Lipinski definition) is 1. The van der Waals surface area contributed by atoms with Gasteiger partial charge in [-0.25, -0.2) is 0 Å². The molecule has 1 N–H and O–H groups in total. The summed E-state index contributed by atoms with van der Waals surface area (Å²) in [6, 6.07) is 0.0872. The number of rotatable bonds is 4. The van der Waals surface area contributed by atoms with Crippen LogP contribution in [0.25, 0.3) is 0 Å². The first-order chi connectivity index (χ1) is 9.91. The van der Waals surface area contributed by atoms with Crippen molar-refractivity contribution in [3.8, 4) is 12.3 Å². The van der Waals surface area contributed by atoms with E-state index in [-0.39, 0.29) is 11.9 Å². The van der Waals surface area contributed by atoms with Gasteiger partial charge in [0, 0.05) is 32.2 Å². The topological polar surface area (TPSA) is 47.0 Å². The van der Waals surface area contributed by atoms with Crippen LogP contribution in [0.1, 0.15) is 26.7 Å². The molecule has 0 saturated carbocycles. The van der Waals surface area contributed by atoms with Crippen molar-refractivity contribution in [1.29, 1.82) is 0 Å². The van der Waals surface area contributed by atoms with E-state index in [0.29, 0.717) is 13.1 Å². The SMILES string of the molecule is C#CCN1CCN(C(=O)CN2CCCC2C(C)(C)O)CC1. The van der Waals surface area contributed by atoms with E-state index in [1.54, 1.807) is 0 Å². The Kier molecular flexibility index (Phi) is 5.26. The van der Waals surface area contributed by atoms with Gasteiger partial charge in [-0.1, -0.05) is 5.92 Å². The molecule has 0 aromatic carbocycles. The Labute approximate surface area is 127 Å². The fourth-order valence-electron chi connectivity index (χ4n) is 3.37. The van der Waals surface area contributed by atoms with Crippen molar-refractivity contribution in [2.75, 3.05) is 45.8 Å². The van der Waals surface area contributed by atoms with Crippen LogP contribution in [0.2, 0.25) is 0 Å². The summed E-state index contributed by atoms with van der Waals surface area (Å²) in [5.74, 6) is 2.82. The summed E-state index contributed by atoms with van der Waals surface area (Å²) in [5, 5.41) is 10.2. The maximum atomic E-state index is 12.4. The van der Waals surface area contributed by atoms with Gasteiger partial charge in [-0.05, 0) is 33.2 Å². The van der Waals surface area contributed by atoms with Crippen LogP contribution in [0.3, 0.4) is 0 Å². The second-order valence-electron chi connectivity index (χ2n) is 6.64. The van der Waals surface area contributed by atoms with Gasteiger partial charge in [-0.3, -0.25) is 14.6 Å². The first kappa shape index (κ1) is 16.3. The molecule has 5 heteroatoms. The Morgan fingerprint density at radius 3 is 2.52 bits per heavy atom. The smallest absolute Gasteiger partial charge is 0.236 e. The zero-order valence-corrected chi connectivity index (χ0v) is 13.2. The van der Waals surface area contributed by atoms with E-state index in [2.05, 4.69) is 15.7 Å². The molecule has 5 nitrogen and oxygen atoms in total. The van der Waals surface area contributed by atoms with Crippen molar-refractivity contribution in [3.05, 3.63) is 0 Å². The second-order valence-corrected chi connectivity index (χ2v) is 6.64. The molecule has 0 radical (unpaired) electrons. The zero-order chi connectivity index (χ0) is 15.5. The van der Waals surface area contributed by atoms with Gasteiger partial charge in [0.15, 0.2) is 0 Å². The van der Waals surface area contributed by atoms with E-state index < -0.39 is 5.60 Å². The molecule has 0 aliphatic carbocycles. The minimum absolute atomic E-state index is 0.0872. The molecule has 1 amide bonds. The lowest BCUT2D eigenvalue weighted by atomic mass is 9.97. The molecule has 118 valence electrons. The number of aliphatic hydroxyl groups is 1. The Morgan fingerprint density at radius 1 is 1.29 bits per heavy atom. The second kappa shape index (κ2) is 6.78. The third-order valence-corrected chi connectivity index (χ3v) is 4.56. The quantitative estimate of drug-likeness (QED) is 0.741. The third-order valence-electron chi connectivity index (χ3n) is 4.56. The Morgan fingerprint density at radius 2 is 1.95 bits per heavy atom. The van der Waals surface area contributed by atoms with Crippen LogP contribution in [-0.4, -0.2) is 83.2 Å². The zero-order valence-electron chi connectivity index (χ0n) is 13.2. The number of carbonyl (C=O) groups excluding carboxylic acids is 1. The molecule has 0 aromatic heterocycles. The summed E-state index contributed by atoms with van der Waals surface area (Å²) in [7, 11) is 0. The van der Waals surface area contributed by atoms with Gasteiger partial charge in [-0.2, -0.15) is 0 Å². The summed E-state index contributed by atoms with van der Waals surface area (Å²) in [5.41, 5.74) is -0.748. The molecule has 21 heavy (non-hydrogen) atoms. The van der Waals surface area contributed by atoms with Crippen LogP contribution in [0.4, 0.5) is 0 Å². The van der Waals surface area contributed by atoms with Crippen LogP contribution in [0, 0.1) is 12.3 Å². The van der Waals surface area contributed by atoms with E-state index in [9.17, 15) is 9.90 Å².